The van der Waals surface area contributed by atoms with Gasteiger partial charge in [-0.3, -0.25) is 9.69 Å². The van der Waals surface area contributed by atoms with Crippen LogP contribution in [-0.4, -0.2) is 66.9 Å². The molecule has 0 amide bonds. The number of fused-ring (bicyclic) bond motifs is 3. The second-order valence-electron chi connectivity index (χ2n) is 9.38. The van der Waals surface area contributed by atoms with Crippen molar-refractivity contribution in [3.8, 4) is 5.75 Å². The molecule has 1 saturated carbocycles. The quantitative estimate of drug-likeness (QED) is 0.508. The first-order chi connectivity index (χ1) is 16.8. The van der Waals surface area contributed by atoms with Gasteiger partial charge in [0.15, 0.2) is 5.54 Å². The van der Waals surface area contributed by atoms with Crippen LogP contribution in [0.2, 0.25) is 0 Å². The molecule has 2 heterocycles. The van der Waals surface area contributed by atoms with Crippen LogP contribution in [0, 0.1) is 5.92 Å². The molecule has 0 aromatic heterocycles. The Hall–Kier alpha value is -2.53. The Balaban J connectivity index is 1.40. The number of aliphatic carboxylic acids is 1. The lowest BCUT2D eigenvalue weighted by Gasteiger charge is -2.24. The second-order valence-corrected chi connectivity index (χ2v) is 11.1. The molecule has 35 heavy (non-hydrogen) atoms. The summed E-state index contributed by atoms with van der Waals surface area (Å²) in [6.45, 7) is 4.53. The van der Waals surface area contributed by atoms with Crippen LogP contribution in [0.25, 0.3) is 0 Å². The summed E-state index contributed by atoms with van der Waals surface area (Å²) in [5, 5.41) is 13.6. The molecule has 10 heteroatoms. The summed E-state index contributed by atoms with van der Waals surface area (Å²) in [5.41, 5.74) is -1.27. The molecule has 3 aliphatic rings. The van der Waals surface area contributed by atoms with E-state index in [9.17, 15) is 18.3 Å². The first-order valence-corrected chi connectivity index (χ1v) is 13.5. The first kappa shape index (κ1) is 24.2. The zero-order valence-corrected chi connectivity index (χ0v) is 20.4. The number of para-hydroxylation sites is 1. The van der Waals surface area contributed by atoms with Crippen LogP contribution < -0.4 is 10.1 Å². The molecule has 2 N–H and O–H groups in total. The standard InChI is InChI=1S/C25H30FN3O5S/c1-2-28-15-7-12-22(28)27-14-13-17-8-3-6-11-21(17)35(32,33)29(26)25(24(30)31)19-16-34-20-10-5-4-9-18(20)23(19)25/h3-6,8-11,19,22-23,27H,2,7,12-16H2,1H3,(H,30,31)/t19?,22-,23?,25?/m1/s1. The maximum atomic E-state index is 16.0. The third-order valence-electron chi connectivity index (χ3n) is 7.64. The molecule has 0 spiro atoms. The second kappa shape index (κ2) is 9.16. The van der Waals surface area contributed by atoms with Gasteiger partial charge in [-0.05, 0) is 54.6 Å². The number of rotatable bonds is 9. The highest BCUT2D eigenvalue weighted by Crippen LogP contribution is 2.66. The lowest BCUT2D eigenvalue weighted by Crippen LogP contribution is -2.45. The van der Waals surface area contributed by atoms with E-state index in [1.807, 2.05) is 0 Å². The van der Waals surface area contributed by atoms with Gasteiger partial charge < -0.3 is 15.2 Å². The number of halogens is 1. The van der Waals surface area contributed by atoms with E-state index in [0.717, 1.165) is 25.9 Å². The van der Waals surface area contributed by atoms with Gasteiger partial charge in [0.2, 0.25) is 0 Å². The molecule has 1 aliphatic carbocycles. The Kier molecular flexibility index (Phi) is 6.33. The molecule has 188 valence electrons. The van der Waals surface area contributed by atoms with Gasteiger partial charge in [-0.25, -0.2) is 8.42 Å². The van der Waals surface area contributed by atoms with Crippen LogP contribution >= 0.6 is 0 Å². The number of sulfonamides is 1. The van der Waals surface area contributed by atoms with Crippen LogP contribution in [-0.2, 0) is 21.2 Å². The molecule has 2 aliphatic heterocycles. The maximum Gasteiger partial charge on any atom is 0.329 e. The zero-order valence-electron chi connectivity index (χ0n) is 19.6. The van der Waals surface area contributed by atoms with Crippen molar-refractivity contribution in [3.05, 3.63) is 59.7 Å². The lowest BCUT2D eigenvalue weighted by atomic mass is 10.0. The fraction of sp³-hybridized carbons (Fsp3) is 0.480. The number of carboxylic acids is 1. The normalized spacial score (nSPS) is 27.8. The first-order valence-electron chi connectivity index (χ1n) is 12.0. The van der Waals surface area contributed by atoms with Crippen molar-refractivity contribution in [1.82, 2.24) is 14.7 Å². The van der Waals surface area contributed by atoms with Crippen LogP contribution in [0.4, 0.5) is 4.48 Å². The van der Waals surface area contributed by atoms with E-state index in [1.54, 1.807) is 36.4 Å². The van der Waals surface area contributed by atoms with Crippen molar-refractivity contribution < 1.29 is 27.5 Å². The maximum absolute atomic E-state index is 16.0. The number of ether oxygens (including phenoxy) is 1. The molecule has 5 rings (SSSR count). The summed E-state index contributed by atoms with van der Waals surface area (Å²) >= 11 is 0. The third-order valence-corrected chi connectivity index (χ3v) is 9.32. The molecule has 2 fully saturated rings. The number of hydrogen-bond donors (Lipinski definition) is 2. The highest BCUT2D eigenvalue weighted by Gasteiger charge is 2.79. The third kappa shape index (κ3) is 3.83. The van der Waals surface area contributed by atoms with E-state index in [-0.39, 0.29) is 17.7 Å². The van der Waals surface area contributed by atoms with Gasteiger partial charge in [0, 0.05) is 23.9 Å². The number of benzene rings is 2. The summed E-state index contributed by atoms with van der Waals surface area (Å²) in [6.07, 6.45) is 2.75. The average Bonchev–Trinajstić information content (AvgIpc) is 3.36. The van der Waals surface area contributed by atoms with Gasteiger partial charge in [0.05, 0.1) is 17.7 Å². The van der Waals surface area contributed by atoms with Gasteiger partial charge in [-0.1, -0.05) is 43.3 Å². The van der Waals surface area contributed by atoms with E-state index in [2.05, 4.69) is 17.1 Å². The minimum atomic E-state index is -4.74. The highest BCUT2D eigenvalue weighted by atomic mass is 32.2. The monoisotopic (exact) mass is 503 g/mol. The minimum Gasteiger partial charge on any atom is -0.493 e. The lowest BCUT2D eigenvalue weighted by molar-refractivity contribution is -0.149. The van der Waals surface area contributed by atoms with Crippen molar-refractivity contribution in [1.29, 1.82) is 0 Å². The molecular formula is C25H30FN3O5S. The SMILES string of the molecule is CCN1CCC[C@@H]1NCCc1ccccc1S(=O)(=O)N(F)C1(C(=O)O)C2COc3ccccc3C21. The molecule has 0 radical (unpaired) electrons. The number of hydrogen-bond acceptors (Lipinski definition) is 6. The number of likely N-dealkylation sites (tertiary alicyclic amines) is 1. The summed E-state index contributed by atoms with van der Waals surface area (Å²) in [5.74, 6) is -2.69. The smallest absolute Gasteiger partial charge is 0.329 e. The Morgan fingerprint density at radius 3 is 2.77 bits per heavy atom. The van der Waals surface area contributed by atoms with Gasteiger partial charge in [-0.2, -0.15) is 0 Å². The van der Waals surface area contributed by atoms with E-state index in [1.165, 1.54) is 12.1 Å². The predicted octanol–water partition coefficient (Wildman–Crippen LogP) is 2.77. The van der Waals surface area contributed by atoms with E-state index >= 15 is 4.48 Å². The molecule has 8 nitrogen and oxygen atoms in total. The Morgan fingerprint density at radius 2 is 2.00 bits per heavy atom. The fourth-order valence-electron chi connectivity index (χ4n) is 5.83. The molecular weight excluding hydrogens is 473 g/mol. The van der Waals surface area contributed by atoms with E-state index in [4.69, 9.17) is 4.74 Å². The predicted molar refractivity (Wildman–Crippen MR) is 127 cm³/mol. The molecule has 2 aromatic carbocycles. The Morgan fingerprint density at radius 1 is 1.26 bits per heavy atom. The van der Waals surface area contributed by atoms with Crippen molar-refractivity contribution in [2.45, 2.75) is 48.7 Å². The van der Waals surface area contributed by atoms with Crippen LogP contribution in [0.5, 0.6) is 5.75 Å². The zero-order chi connectivity index (χ0) is 24.8. The van der Waals surface area contributed by atoms with Crippen LogP contribution in [0.1, 0.15) is 36.8 Å². The van der Waals surface area contributed by atoms with Crippen molar-refractivity contribution in [2.24, 2.45) is 5.92 Å². The van der Waals surface area contributed by atoms with E-state index in [0.29, 0.717) is 29.8 Å². The van der Waals surface area contributed by atoms with Gasteiger partial charge in [-0.15, -0.1) is 4.48 Å². The average molecular weight is 504 g/mol. The number of carbonyl (C=O) groups is 1. The van der Waals surface area contributed by atoms with Crippen LogP contribution in [0.3, 0.4) is 0 Å². The van der Waals surface area contributed by atoms with Crippen molar-refractivity contribution in [3.63, 3.8) is 0 Å². The summed E-state index contributed by atoms with van der Waals surface area (Å²) in [6, 6.07) is 13.0. The van der Waals surface area contributed by atoms with E-state index < -0.39 is 37.9 Å². The minimum absolute atomic E-state index is 0.0647. The Bertz CT molecular complexity index is 1230. The molecule has 0 bridgehead atoms. The highest BCUT2D eigenvalue weighted by molar-refractivity contribution is 7.89. The largest absolute Gasteiger partial charge is 0.493 e. The molecule has 3 unspecified atom stereocenters. The van der Waals surface area contributed by atoms with Gasteiger partial charge >= 0.3 is 5.97 Å². The number of nitrogens with one attached hydrogen (secondary N) is 1. The van der Waals surface area contributed by atoms with Crippen LogP contribution in [0.15, 0.2) is 53.4 Å². The number of nitrogens with zero attached hydrogens (tertiary/aromatic N) is 2. The van der Waals surface area contributed by atoms with Crippen molar-refractivity contribution >= 4 is 16.0 Å². The number of carboxylic acid groups (broad SMARTS) is 1. The van der Waals surface area contributed by atoms with Gasteiger partial charge in [0.25, 0.3) is 10.0 Å². The Labute approximate surface area is 204 Å². The molecule has 2 aromatic rings. The summed E-state index contributed by atoms with van der Waals surface area (Å²) < 4.78 is 48.3. The molecule has 1 saturated heterocycles. The van der Waals surface area contributed by atoms with Gasteiger partial charge in [0.1, 0.15) is 5.75 Å². The fourth-order valence-corrected chi connectivity index (χ4v) is 7.48. The molecule has 4 atom stereocenters. The topological polar surface area (TPSA) is 99.2 Å². The summed E-state index contributed by atoms with van der Waals surface area (Å²) in [4.78, 5) is 14.5. The van der Waals surface area contributed by atoms with Crippen molar-refractivity contribution in [2.75, 3.05) is 26.2 Å². The summed E-state index contributed by atoms with van der Waals surface area (Å²) in [7, 11) is -4.74.